The number of nitrogens with zero attached hydrogens (tertiary/aromatic N) is 1. The quantitative estimate of drug-likeness (QED) is 0.826. The molecule has 1 aromatic heterocycles. The van der Waals surface area contributed by atoms with Gasteiger partial charge in [0.25, 0.3) is 0 Å². The standard InChI is InChI=1S/C12H10ClFN2/c13-10-3-1-9(2-4-10)7-15-11-5-6-12(14)16-8-11/h1-6,8,15H,7H2. The van der Waals surface area contributed by atoms with Crippen LogP contribution in [0.5, 0.6) is 0 Å². The van der Waals surface area contributed by atoms with Gasteiger partial charge in [-0.05, 0) is 29.8 Å². The Bertz CT molecular complexity index is 408. The molecule has 0 aliphatic rings. The summed E-state index contributed by atoms with van der Waals surface area (Å²) in [7, 11) is 0. The molecule has 2 aromatic rings. The SMILES string of the molecule is Fc1ccc(NCc2ccc(Cl)cc2)cn1. The molecular weight excluding hydrogens is 227 g/mol. The number of rotatable bonds is 3. The van der Waals surface area contributed by atoms with Crippen LogP contribution in [0.15, 0.2) is 42.6 Å². The van der Waals surface area contributed by atoms with Crippen LogP contribution >= 0.6 is 11.6 Å². The minimum Gasteiger partial charge on any atom is -0.380 e. The maximum atomic E-state index is 12.5. The van der Waals surface area contributed by atoms with Crippen LogP contribution in [-0.4, -0.2) is 4.98 Å². The van der Waals surface area contributed by atoms with E-state index in [0.717, 1.165) is 11.3 Å². The zero-order valence-electron chi connectivity index (χ0n) is 8.45. The smallest absolute Gasteiger partial charge is 0.212 e. The van der Waals surface area contributed by atoms with Crippen molar-refractivity contribution in [1.29, 1.82) is 0 Å². The van der Waals surface area contributed by atoms with E-state index in [1.807, 2.05) is 24.3 Å². The van der Waals surface area contributed by atoms with E-state index >= 15 is 0 Å². The number of pyridine rings is 1. The van der Waals surface area contributed by atoms with Crippen molar-refractivity contribution in [1.82, 2.24) is 4.98 Å². The average molecular weight is 237 g/mol. The van der Waals surface area contributed by atoms with Crippen LogP contribution < -0.4 is 5.32 Å². The van der Waals surface area contributed by atoms with Gasteiger partial charge in [0.1, 0.15) is 0 Å². The molecule has 0 spiro atoms. The van der Waals surface area contributed by atoms with Crippen LogP contribution in [0.25, 0.3) is 0 Å². The van der Waals surface area contributed by atoms with E-state index in [0.29, 0.717) is 11.6 Å². The first-order valence-corrected chi connectivity index (χ1v) is 5.22. The third-order valence-electron chi connectivity index (χ3n) is 2.14. The second-order valence-corrected chi connectivity index (χ2v) is 3.79. The van der Waals surface area contributed by atoms with E-state index in [2.05, 4.69) is 10.3 Å². The third kappa shape index (κ3) is 2.94. The van der Waals surface area contributed by atoms with Crippen LogP contribution in [0.1, 0.15) is 5.56 Å². The minimum absolute atomic E-state index is 0.475. The predicted molar refractivity (Wildman–Crippen MR) is 63.0 cm³/mol. The molecule has 16 heavy (non-hydrogen) atoms. The van der Waals surface area contributed by atoms with Gasteiger partial charge in [-0.2, -0.15) is 4.39 Å². The molecule has 0 aliphatic carbocycles. The zero-order valence-corrected chi connectivity index (χ0v) is 9.21. The molecule has 0 aliphatic heterocycles. The molecule has 1 N–H and O–H groups in total. The van der Waals surface area contributed by atoms with E-state index in [1.54, 1.807) is 6.07 Å². The summed E-state index contributed by atoms with van der Waals surface area (Å²) in [5.41, 5.74) is 1.89. The van der Waals surface area contributed by atoms with E-state index in [9.17, 15) is 4.39 Å². The van der Waals surface area contributed by atoms with Gasteiger partial charge in [-0.1, -0.05) is 23.7 Å². The molecule has 0 radical (unpaired) electrons. The lowest BCUT2D eigenvalue weighted by molar-refractivity contribution is 0.584. The normalized spacial score (nSPS) is 10.1. The Labute approximate surface area is 98.1 Å². The summed E-state index contributed by atoms with van der Waals surface area (Å²) < 4.78 is 12.5. The van der Waals surface area contributed by atoms with Gasteiger partial charge in [0.2, 0.25) is 5.95 Å². The molecular formula is C12H10ClFN2. The highest BCUT2D eigenvalue weighted by Gasteiger charge is 1.95. The fraction of sp³-hybridized carbons (Fsp3) is 0.0833. The highest BCUT2D eigenvalue weighted by atomic mass is 35.5. The van der Waals surface area contributed by atoms with Gasteiger partial charge in [-0.25, -0.2) is 4.98 Å². The molecule has 4 heteroatoms. The highest BCUT2D eigenvalue weighted by molar-refractivity contribution is 6.30. The van der Waals surface area contributed by atoms with Crippen LogP contribution in [0.2, 0.25) is 5.02 Å². The number of halogens is 2. The number of aromatic nitrogens is 1. The van der Waals surface area contributed by atoms with Crippen LogP contribution in [0.3, 0.4) is 0 Å². The van der Waals surface area contributed by atoms with Crippen molar-refractivity contribution >= 4 is 17.3 Å². The van der Waals surface area contributed by atoms with Crippen molar-refractivity contribution in [2.75, 3.05) is 5.32 Å². The van der Waals surface area contributed by atoms with E-state index in [-0.39, 0.29) is 0 Å². The molecule has 82 valence electrons. The molecule has 2 rings (SSSR count). The molecule has 0 amide bonds. The van der Waals surface area contributed by atoms with Gasteiger partial charge in [0.15, 0.2) is 0 Å². The number of anilines is 1. The molecule has 0 saturated heterocycles. The first-order chi connectivity index (χ1) is 7.74. The molecule has 0 atom stereocenters. The monoisotopic (exact) mass is 236 g/mol. The average Bonchev–Trinajstić information content (AvgIpc) is 2.30. The first-order valence-electron chi connectivity index (χ1n) is 4.84. The Hall–Kier alpha value is -1.61. The summed E-state index contributed by atoms with van der Waals surface area (Å²) >= 11 is 5.77. The van der Waals surface area contributed by atoms with Gasteiger partial charge < -0.3 is 5.32 Å². The lowest BCUT2D eigenvalue weighted by Gasteiger charge is -2.05. The molecule has 0 fully saturated rings. The van der Waals surface area contributed by atoms with Crippen molar-refractivity contribution in [2.45, 2.75) is 6.54 Å². The van der Waals surface area contributed by atoms with Crippen LogP contribution in [0, 0.1) is 5.95 Å². The molecule has 0 bridgehead atoms. The maximum absolute atomic E-state index is 12.5. The minimum atomic E-state index is -0.475. The number of hydrogen-bond acceptors (Lipinski definition) is 2. The lowest BCUT2D eigenvalue weighted by Crippen LogP contribution is -1.99. The van der Waals surface area contributed by atoms with Crippen molar-refractivity contribution in [2.24, 2.45) is 0 Å². The summed E-state index contributed by atoms with van der Waals surface area (Å²) in [5, 5.41) is 3.85. The molecule has 1 aromatic carbocycles. The molecule has 0 saturated carbocycles. The zero-order chi connectivity index (χ0) is 11.4. The van der Waals surface area contributed by atoms with E-state index < -0.39 is 5.95 Å². The van der Waals surface area contributed by atoms with Gasteiger partial charge in [0, 0.05) is 11.6 Å². The maximum Gasteiger partial charge on any atom is 0.212 e. The Balaban J connectivity index is 1.97. The molecule has 2 nitrogen and oxygen atoms in total. The summed E-state index contributed by atoms with van der Waals surface area (Å²) in [4.78, 5) is 3.56. The molecule has 0 unspecified atom stereocenters. The van der Waals surface area contributed by atoms with Gasteiger partial charge in [0.05, 0.1) is 11.9 Å². The highest BCUT2D eigenvalue weighted by Crippen LogP contribution is 2.11. The van der Waals surface area contributed by atoms with E-state index in [4.69, 9.17) is 11.6 Å². The van der Waals surface area contributed by atoms with Crippen LogP contribution in [0.4, 0.5) is 10.1 Å². The summed E-state index contributed by atoms with van der Waals surface area (Å²) in [6.07, 6.45) is 1.46. The molecule has 1 heterocycles. The number of nitrogens with one attached hydrogen (secondary N) is 1. The second kappa shape index (κ2) is 4.94. The van der Waals surface area contributed by atoms with Crippen LogP contribution in [-0.2, 0) is 6.54 Å². The summed E-state index contributed by atoms with van der Waals surface area (Å²) in [5.74, 6) is -0.475. The van der Waals surface area contributed by atoms with Crippen molar-refractivity contribution in [3.63, 3.8) is 0 Å². The summed E-state index contributed by atoms with van der Waals surface area (Å²) in [6, 6.07) is 10.5. The second-order valence-electron chi connectivity index (χ2n) is 3.35. The third-order valence-corrected chi connectivity index (χ3v) is 2.39. The van der Waals surface area contributed by atoms with Crippen molar-refractivity contribution < 1.29 is 4.39 Å². The lowest BCUT2D eigenvalue weighted by atomic mass is 10.2. The fourth-order valence-electron chi connectivity index (χ4n) is 1.29. The Morgan fingerprint density at radius 2 is 1.88 bits per heavy atom. The summed E-state index contributed by atoms with van der Waals surface area (Å²) in [6.45, 7) is 0.657. The first kappa shape index (κ1) is 10.9. The number of hydrogen-bond donors (Lipinski definition) is 1. The Kier molecular flexibility index (Phi) is 3.37. The van der Waals surface area contributed by atoms with Crippen molar-refractivity contribution in [3.8, 4) is 0 Å². The number of benzene rings is 1. The van der Waals surface area contributed by atoms with Gasteiger partial charge in [-0.3, -0.25) is 0 Å². The van der Waals surface area contributed by atoms with Gasteiger partial charge in [-0.15, -0.1) is 0 Å². The Morgan fingerprint density at radius 1 is 1.12 bits per heavy atom. The topological polar surface area (TPSA) is 24.9 Å². The largest absolute Gasteiger partial charge is 0.380 e. The fourth-order valence-corrected chi connectivity index (χ4v) is 1.41. The predicted octanol–water partition coefficient (Wildman–Crippen LogP) is 3.49. The van der Waals surface area contributed by atoms with Crippen molar-refractivity contribution in [3.05, 3.63) is 59.1 Å². The van der Waals surface area contributed by atoms with Gasteiger partial charge >= 0.3 is 0 Å². The van der Waals surface area contributed by atoms with E-state index in [1.165, 1.54) is 12.3 Å². The Morgan fingerprint density at radius 3 is 2.50 bits per heavy atom.